The number of amides is 1. The summed E-state index contributed by atoms with van der Waals surface area (Å²) in [5.41, 5.74) is 3.35. The summed E-state index contributed by atoms with van der Waals surface area (Å²) >= 11 is 3.46. The molecule has 1 aliphatic rings. The molecular formula is C21H18BrN3O4. The average Bonchev–Trinajstić information content (AvgIpc) is 3.04. The second-order valence-corrected chi connectivity index (χ2v) is 7.68. The van der Waals surface area contributed by atoms with Gasteiger partial charge in [-0.15, -0.1) is 0 Å². The van der Waals surface area contributed by atoms with Gasteiger partial charge in [0.2, 0.25) is 0 Å². The summed E-state index contributed by atoms with van der Waals surface area (Å²) < 4.78 is 8.36. The summed E-state index contributed by atoms with van der Waals surface area (Å²) in [6, 6.07) is 15.0. The Balaban J connectivity index is 1.73. The molecule has 0 atom stereocenters. The van der Waals surface area contributed by atoms with E-state index in [1.807, 2.05) is 48.5 Å². The van der Waals surface area contributed by atoms with Gasteiger partial charge in [-0.05, 0) is 23.8 Å². The molecule has 3 aromatic rings. The third-order valence-corrected chi connectivity index (χ3v) is 5.24. The number of aryl methyl sites for hydroxylation is 1. The summed E-state index contributed by atoms with van der Waals surface area (Å²) in [6.07, 6.45) is 0. The summed E-state index contributed by atoms with van der Waals surface area (Å²) in [4.78, 5) is 25.9. The minimum Gasteiger partial charge on any atom is -0.488 e. The van der Waals surface area contributed by atoms with E-state index in [1.54, 1.807) is 11.7 Å². The molecule has 0 saturated carbocycles. The Kier molecular flexibility index (Phi) is 5.10. The second-order valence-electron chi connectivity index (χ2n) is 6.77. The van der Waals surface area contributed by atoms with E-state index in [0.29, 0.717) is 5.56 Å². The fourth-order valence-electron chi connectivity index (χ4n) is 3.49. The molecule has 0 spiro atoms. The highest BCUT2D eigenvalue weighted by Gasteiger charge is 2.31. The lowest BCUT2D eigenvalue weighted by atomic mass is 10.0. The first-order valence-electron chi connectivity index (χ1n) is 8.97. The maximum absolute atomic E-state index is 13.3. The molecule has 29 heavy (non-hydrogen) atoms. The minimum atomic E-state index is -1.08. The first-order valence-corrected chi connectivity index (χ1v) is 9.77. The predicted molar refractivity (Wildman–Crippen MR) is 109 cm³/mol. The number of benzene rings is 2. The molecule has 2 heterocycles. The number of halogens is 1. The highest BCUT2D eigenvalue weighted by molar-refractivity contribution is 9.10. The van der Waals surface area contributed by atoms with E-state index >= 15 is 0 Å². The molecule has 4 rings (SSSR count). The lowest BCUT2D eigenvalue weighted by molar-refractivity contribution is -0.137. The molecule has 0 aliphatic carbocycles. The molecule has 7 nitrogen and oxygen atoms in total. The number of fused-ring (bicyclic) bond motifs is 3. The number of carboxylic acids is 1. The van der Waals surface area contributed by atoms with Crippen LogP contribution in [0.5, 0.6) is 5.75 Å². The Morgan fingerprint density at radius 2 is 2.00 bits per heavy atom. The molecule has 1 N–H and O–H groups in total. The lowest BCUT2D eigenvalue weighted by Gasteiger charge is -2.22. The molecule has 0 fully saturated rings. The first-order chi connectivity index (χ1) is 13.9. The zero-order chi connectivity index (χ0) is 20.5. The van der Waals surface area contributed by atoms with Gasteiger partial charge in [-0.1, -0.05) is 46.3 Å². The first kappa shape index (κ1) is 19.2. The van der Waals surface area contributed by atoms with Crippen LogP contribution in [-0.4, -0.2) is 38.2 Å². The van der Waals surface area contributed by atoms with Crippen molar-refractivity contribution < 1.29 is 19.4 Å². The van der Waals surface area contributed by atoms with Crippen molar-refractivity contribution in [3.8, 4) is 17.0 Å². The maximum Gasteiger partial charge on any atom is 0.323 e. The molecule has 1 amide bonds. The molecule has 0 bridgehead atoms. The standard InChI is InChI=1S/C21H18BrN3O4/c1-24-20-15-9-14(22)7-8-17(15)29-12-16(20)19(23-24)21(28)25(11-18(26)27)10-13-5-3-2-4-6-13/h2-9H,10-12H2,1H3,(H,26,27). The van der Waals surface area contributed by atoms with E-state index in [0.717, 1.165) is 27.0 Å². The average molecular weight is 456 g/mol. The molecule has 1 aromatic heterocycles. The van der Waals surface area contributed by atoms with Gasteiger partial charge in [0.05, 0.1) is 5.69 Å². The third-order valence-electron chi connectivity index (χ3n) is 4.75. The van der Waals surface area contributed by atoms with Crippen LogP contribution in [0.3, 0.4) is 0 Å². The number of ether oxygens (including phenoxy) is 1. The molecule has 2 aromatic carbocycles. The molecule has 8 heteroatoms. The molecule has 1 aliphatic heterocycles. The van der Waals surface area contributed by atoms with Crippen molar-refractivity contribution in [1.29, 1.82) is 0 Å². The SMILES string of the molecule is Cn1nc(C(=O)N(CC(=O)O)Cc2ccccc2)c2c1-c1cc(Br)ccc1OC2. The molecule has 148 valence electrons. The van der Waals surface area contributed by atoms with Gasteiger partial charge >= 0.3 is 5.97 Å². The monoisotopic (exact) mass is 455 g/mol. The summed E-state index contributed by atoms with van der Waals surface area (Å²) in [7, 11) is 1.77. The Bertz CT molecular complexity index is 1090. The number of hydrogen-bond acceptors (Lipinski definition) is 4. The van der Waals surface area contributed by atoms with E-state index in [-0.39, 0.29) is 18.8 Å². The molecule has 0 radical (unpaired) electrons. The zero-order valence-corrected chi connectivity index (χ0v) is 17.2. The Morgan fingerprint density at radius 1 is 1.24 bits per heavy atom. The van der Waals surface area contributed by atoms with Crippen molar-refractivity contribution >= 4 is 27.8 Å². The number of carbonyl (C=O) groups excluding carboxylic acids is 1. The van der Waals surface area contributed by atoms with Gasteiger partial charge in [-0.25, -0.2) is 0 Å². The van der Waals surface area contributed by atoms with Crippen LogP contribution >= 0.6 is 15.9 Å². The van der Waals surface area contributed by atoms with E-state index in [4.69, 9.17) is 4.74 Å². The van der Waals surface area contributed by atoms with E-state index in [1.165, 1.54) is 4.90 Å². The number of hydrogen-bond donors (Lipinski definition) is 1. The van der Waals surface area contributed by atoms with Crippen molar-refractivity contribution in [3.05, 3.63) is 69.8 Å². The van der Waals surface area contributed by atoms with Crippen LogP contribution in [0.15, 0.2) is 53.0 Å². The van der Waals surface area contributed by atoms with Crippen LogP contribution in [0.25, 0.3) is 11.3 Å². The fraction of sp³-hybridized carbons (Fsp3) is 0.190. The van der Waals surface area contributed by atoms with Crippen LogP contribution in [0.1, 0.15) is 21.6 Å². The van der Waals surface area contributed by atoms with Crippen molar-refractivity contribution in [3.63, 3.8) is 0 Å². The largest absolute Gasteiger partial charge is 0.488 e. The minimum absolute atomic E-state index is 0.181. The summed E-state index contributed by atoms with van der Waals surface area (Å²) in [6.45, 7) is -0.0342. The van der Waals surface area contributed by atoms with Crippen LogP contribution in [0.2, 0.25) is 0 Å². The van der Waals surface area contributed by atoms with Gasteiger partial charge in [0, 0.05) is 29.2 Å². The van der Waals surface area contributed by atoms with E-state index < -0.39 is 18.4 Å². The van der Waals surface area contributed by atoms with Crippen molar-refractivity contribution in [2.24, 2.45) is 7.05 Å². The number of rotatable bonds is 5. The van der Waals surface area contributed by atoms with Crippen LogP contribution < -0.4 is 4.74 Å². The number of carbonyl (C=O) groups is 2. The fourth-order valence-corrected chi connectivity index (χ4v) is 3.85. The number of carboxylic acid groups (broad SMARTS) is 1. The van der Waals surface area contributed by atoms with Gasteiger partial charge in [0.1, 0.15) is 18.9 Å². The van der Waals surface area contributed by atoms with Gasteiger partial charge in [-0.3, -0.25) is 14.3 Å². The van der Waals surface area contributed by atoms with Crippen LogP contribution in [0, 0.1) is 0 Å². The smallest absolute Gasteiger partial charge is 0.323 e. The van der Waals surface area contributed by atoms with Crippen molar-refractivity contribution in [2.45, 2.75) is 13.2 Å². The third kappa shape index (κ3) is 3.75. The lowest BCUT2D eigenvalue weighted by Crippen LogP contribution is -2.36. The number of aromatic nitrogens is 2. The Hall–Kier alpha value is -3.13. The van der Waals surface area contributed by atoms with Gasteiger partial charge in [0.25, 0.3) is 5.91 Å². The molecule has 0 unspecified atom stereocenters. The van der Waals surface area contributed by atoms with Crippen LogP contribution in [0.4, 0.5) is 0 Å². The maximum atomic E-state index is 13.3. The molecule has 0 saturated heterocycles. The van der Waals surface area contributed by atoms with Crippen LogP contribution in [-0.2, 0) is 25.0 Å². The predicted octanol–water partition coefficient (Wildman–Crippen LogP) is 3.47. The van der Waals surface area contributed by atoms with Crippen molar-refractivity contribution in [1.82, 2.24) is 14.7 Å². The van der Waals surface area contributed by atoms with E-state index in [9.17, 15) is 14.7 Å². The highest BCUT2D eigenvalue weighted by atomic mass is 79.9. The zero-order valence-electron chi connectivity index (χ0n) is 15.6. The summed E-state index contributed by atoms with van der Waals surface area (Å²) in [5.74, 6) is -0.797. The second kappa shape index (κ2) is 7.71. The molecular weight excluding hydrogens is 438 g/mol. The topological polar surface area (TPSA) is 84.7 Å². The quantitative estimate of drug-likeness (QED) is 0.636. The number of nitrogens with zero attached hydrogens (tertiary/aromatic N) is 3. The Morgan fingerprint density at radius 3 is 2.72 bits per heavy atom. The van der Waals surface area contributed by atoms with Gasteiger partial charge in [0.15, 0.2) is 5.69 Å². The number of aliphatic carboxylic acids is 1. The van der Waals surface area contributed by atoms with E-state index in [2.05, 4.69) is 21.0 Å². The van der Waals surface area contributed by atoms with Gasteiger partial charge < -0.3 is 14.7 Å². The van der Waals surface area contributed by atoms with Gasteiger partial charge in [-0.2, -0.15) is 5.10 Å². The normalized spacial score (nSPS) is 11.9. The Labute approximate surface area is 175 Å². The highest BCUT2D eigenvalue weighted by Crippen LogP contribution is 2.40. The summed E-state index contributed by atoms with van der Waals surface area (Å²) in [5, 5.41) is 13.7. The van der Waals surface area contributed by atoms with Crippen molar-refractivity contribution in [2.75, 3.05) is 6.54 Å².